The fraction of sp³-hybridized carbons (Fsp3) is 0.529. The molecule has 0 bridgehead atoms. The van der Waals surface area contributed by atoms with Crippen molar-refractivity contribution in [3.8, 4) is 5.75 Å². The Morgan fingerprint density at radius 2 is 1.87 bits per heavy atom. The maximum Gasteiger partial charge on any atom is 0.251 e. The lowest BCUT2D eigenvalue weighted by atomic mass is 10.2. The summed E-state index contributed by atoms with van der Waals surface area (Å²) in [4.78, 5) is 28.0. The highest BCUT2D eigenvalue weighted by Crippen LogP contribution is 2.28. The number of nitrogens with zero attached hydrogens (tertiary/aromatic N) is 2. The van der Waals surface area contributed by atoms with E-state index in [0.29, 0.717) is 18.8 Å². The number of ether oxygens (including phenoxy) is 2. The largest absolute Gasteiger partial charge is 0.495 e. The lowest BCUT2D eigenvalue weighted by molar-refractivity contribution is -0.148. The van der Waals surface area contributed by atoms with Gasteiger partial charge in [-0.05, 0) is 32.9 Å². The lowest BCUT2D eigenvalue weighted by Gasteiger charge is -2.36. The molecule has 1 atom stereocenters. The van der Waals surface area contributed by atoms with Gasteiger partial charge in [-0.3, -0.25) is 9.59 Å². The van der Waals surface area contributed by atoms with Crippen LogP contribution in [0.25, 0.3) is 0 Å². The van der Waals surface area contributed by atoms with Crippen molar-refractivity contribution in [1.29, 1.82) is 0 Å². The number of benzene rings is 1. The summed E-state index contributed by atoms with van der Waals surface area (Å²) >= 11 is 0. The molecule has 1 aromatic rings. The average Bonchev–Trinajstić information content (AvgIpc) is 2.53. The lowest BCUT2D eigenvalue weighted by Crippen LogP contribution is -2.54. The molecule has 0 saturated carbocycles. The van der Waals surface area contributed by atoms with E-state index in [9.17, 15) is 9.59 Å². The summed E-state index contributed by atoms with van der Waals surface area (Å²) in [6.45, 7) is 6.47. The minimum atomic E-state index is -0.541. The third-order valence-electron chi connectivity index (χ3n) is 3.73. The van der Waals surface area contributed by atoms with Crippen LogP contribution in [0.2, 0.25) is 0 Å². The van der Waals surface area contributed by atoms with Gasteiger partial charge in [0.05, 0.1) is 18.9 Å². The van der Waals surface area contributed by atoms with Crippen molar-refractivity contribution in [3.63, 3.8) is 0 Å². The molecule has 0 spiro atoms. The number of piperazine rings is 1. The zero-order chi connectivity index (χ0) is 17.0. The number of rotatable bonds is 5. The van der Waals surface area contributed by atoms with Crippen LogP contribution >= 0.6 is 0 Å². The Labute approximate surface area is 137 Å². The first kappa shape index (κ1) is 17.3. The van der Waals surface area contributed by atoms with Crippen LogP contribution < -0.4 is 9.64 Å². The number of hydrogen-bond donors (Lipinski definition) is 0. The second-order valence-corrected chi connectivity index (χ2v) is 5.80. The van der Waals surface area contributed by atoms with E-state index >= 15 is 0 Å². The summed E-state index contributed by atoms with van der Waals surface area (Å²) in [5.74, 6) is 0.384. The standard InChI is InChI=1S/C17H24N2O4/c1-12(2)23-13(3)17(21)18-9-10-19(16(20)11-18)14-7-5-6-8-15(14)22-4/h5-8,12-13H,9-11H2,1-4H3. The van der Waals surface area contributed by atoms with Crippen molar-refractivity contribution in [2.45, 2.75) is 33.0 Å². The zero-order valence-electron chi connectivity index (χ0n) is 14.1. The highest BCUT2D eigenvalue weighted by atomic mass is 16.5. The molecule has 1 heterocycles. The molecule has 1 unspecified atom stereocenters. The number of carbonyl (C=O) groups is 2. The normalized spacial score (nSPS) is 16.7. The van der Waals surface area contributed by atoms with Gasteiger partial charge < -0.3 is 19.3 Å². The van der Waals surface area contributed by atoms with Gasteiger partial charge in [0.25, 0.3) is 5.91 Å². The smallest absolute Gasteiger partial charge is 0.251 e. The maximum absolute atomic E-state index is 12.5. The molecular formula is C17H24N2O4. The topological polar surface area (TPSA) is 59.1 Å². The Bertz CT molecular complexity index is 573. The molecule has 126 valence electrons. The van der Waals surface area contributed by atoms with E-state index in [1.54, 1.807) is 23.8 Å². The van der Waals surface area contributed by atoms with Crippen molar-refractivity contribution in [2.24, 2.45) is 0 Å². The third kappa shape index (κ3) is 4.01. The molecule has 1 aromatic carbocycles. The van der Waals surface area contributed by atoms with Crippen LogP contribution in [-0.2, 0) is 14.3 Å². The van der Waals surface area contributed by atoms with Crippen molar-refractivity contribution in [1.82, 2.24) is 4.90 Å². The van der Waals surface area contributed by atoms with E-state index in [0.717, 1.165) is 5.69 Å². The minimum Gasteiger partial charge on any atom is -0.495 e. The van der Waals surface area contributed by atoms with Crippen LogP contribution in [0, 0.1) is 0 Å². The Kier molecular flexibility index (Phi) is 5.60. The fourth-order valence-corrected chi connectivity index (χ4v) is 2.69. The van der Waals surface area contributed by atoms with E-state index in [1.165, 1.54) is 0 Å². The van der Waals surface area contributed by atoms with Crippen molar-refractivity contribution in [3.05, 3.63) is 24.3 Å². The molecule has 2 amide bonds. The molecular weight excluding hydrogens is 296 g/mol. The second-order valence-electron chi connectivity index (χ2n) is 5.80. The Balaban J connectivity index is 2.05. The van der Waals surface area contributed by atoms with E-state index in [2.05, 4.69) is 0 Å². The SMILES string of the molecule is COc1ccccc1N1CCN(C(=O)C(C)OC(C)C)CC1=O. The predicted molar refractivity (Wildman–Crippen MR) is 87.6 cm³/mol. The maximum atomic E-state index is 12.5. The number of hydrogen-bond acceptors (Lipinski definition) is 4. The first-order chi connectivity index (χ1) is 10.9. The summed E-state index contributed by atoms with van der Waals surface area (Å²) < 4.78 is 10.8. The highest BCUT2D eigenvalue weighted by molar-refractivity contribution is 5.99. The molecule has 0 N–H and O–H groups in total. The molecule has 6 nitrogen and oxygen atoms in total. The molecule has 1 fully saturated rings. The predicted octanol–water partition coefficient (Wildman–Crippen LogP) is 1.68. The molecule has 23 heavy (non-hydrogen) atoms. The average molecular weight is 320 g/mol. The van der Waals surface area contributed by atoms with Crippen molar-refractivity contribution in [2.75, 3.05) is 31.6 Å². The molecule has 1 aliphatic rings. The summed E-state index contributed by atoms with van der Waals surface area (Å²) in [5.41, 5.74) is 0.735. The molecule has 2 rings (SSSR count). The summed E-state index contributed by atoms with van der Waals surface area (Å²) in [7, 11) is 1.58. The van der Waals surface area contributed by atoms with Crippen molar-refractivity contribution < 1.29 is 19.1 Å². The van der Waals surface area contributed by atoms with E-state index in [-0.39, 0.29) is 24.5 Å². The first-order valence-corrected chi connectivity index (χ1v) is 7.81. The number of para-hydroxylation sites is 2. The van der Waals surface area contributed by atoms with Crippen LogP contribution in [0.3, 0.4) is 0 Å². The zero-order valence-corrected chi connectivity index (χ0v) is 14.1. The fourth-order valence-electron chi connectivity index (χ4n) is 2.69. The number of methoxy groups -OCH3 is 1. The van der Waals surface area contributed by atoms with Gasteiger partial charge >= 0.3 is 0 Å². The number of anilines is 1. The van der Waals surface area contributed by atoms with Gasteiger partial charge in [-0.25, -0.2) is 0 Å². The highest BCUT2D eigenvalue weighted by Gasteiger charge is 2.31. The molecule has 1 saturated heterocycles. The van der Waals surface area contributed by atoms with Crippen molar-refractivity contribution >= 4 is 17.5 Å². The van der Waals surface area contributed by atoms with E-state index in [4.69, 9.17) is 9.47 Å². The quantitative estimate of drug-likeness (QED) is 0.828. The van der Waals surface area contributed by atoms with Gasteiger partial charge in [-0.15, -0.1) is 0 Å². The van der Waals surface area contributed by atoms with Gasteiger partial charge in [-0.1, -0.05) is 12.1 Å². The van der Waals surface area contributed by atoms with Gasteiger partial charge in [0.2, 0.25) is 5.91 Å². The van der Waals surface area contributed by atoms with Crippen LogP contribution in [0.15, 0.2) is 24.3 Å². The molecule has 0 radical (unpaired) electrons. The number of amides is 2. The van der Waals surface area contributed by atoms with E-state index in [1.807, 2.05) is 38.1 Å². The number of carbonyl (C=O) groups excluding carboxylic acids is 2. The minimum absolute atomic E-state index is 0.0282. The summed E-state index contributed by atoms with van der Waals surface area (Å²) in [6, 6.07) is 7.39. The van der Waals surface area contributed by atoms with Crippen LogP contribution in [0.1, 0.15) is 20.8 Å². The third-order valence-corrected chi connectivity index (χ3v) is 3.73. The molecule has 0 aromatic heterocycles. The van der Waals surface area contributed by atoms with Gasteiger partial charge in [-0.2, -0.15) is 0 Å². The Morgan fingerprint density at radius 1 is 1.17 bits per heavy atom. The second kappa shape index (κ2) is 7.46. The first-order valence-electron chi connectivity index (χ1n) is 7.81. The van der Waals surface area contributed by atoms with E-state index < -0.39 is 6.10 Å². The molecule has 6 heteroatoms. The van der Waals surface area contributed by atoms with Crippen LogP contribution in [0.4, 0.5) is 5.69 Å². The van der Waals surface area contributed by atoms with Crippen LogP contribution in [-0.4, -0.2) is 55.7 Å². The van der Waals surface area contributed by atoms with Gasteiger partial charge in [0, 0.05) is 13.1 Å². The van der Waals surface area contributed by atoms with Gasteiger partial charge in [0.1, 0.15) is 18.4 Å². The van der Waals surface area contributed by atoms with Gasteiger partial charge in [0.15, 0.2) is 0 Å². The Hall–Kier alpha value is -2.08. The molecule has 0 aliphatic carbocycles. The summed E-state index contributed by atoms with van der Waals surface area (Å²) in [5, 5.41) is 0. The summed E-state index contributed by atoms with van der Waals surface area (Å²) in [6.07, 6.45) is -0.569. The Morgan fingerprint density at radius 3 is 2.48 bits per heavy atom. The monoisotopic (exact) mass is 320 g/mol. The van der Waals surface area contributed by atoms with Crippen LogP contribution in [0.5, 0.6) is 5.75 Å². The molecule has 1 aliphatic heterocycles.